The van der Waals surface area contributed by atoms with E-state index < -0.39 is 6.04 Å². The van der Waals surface area contributed by atoms with E-state index in [-0.39, 0.29) is 11.9 Å². The average molecular weight is 219 g/mol. The molecule has 4 heteroatoms. The van der Waals surface area contributed by atoms with Crippen molar-refractivity contribution in [2.24, 2.45) is 0 Å². The molecule has 0 unspecified atom stereocenters. The fourth-order valence-corrected chi connectivity index (χ4v) is 1.95. The first-order valence-corrected chi connectivity index (χ1v) is 5.19. The van der Waals surface area contributed by atoms with Gasteiger partial charge in [0, 0.05) is 12.6 Å². The van der Waals surface area contributed by atoms with Gasteiger partial charge in [-0.05, 0) is 18.6 Å². The molecule has 84 valence electrons. The van der Waals surface area contributed by atoms with Crippen LogP contribution in [0.1, 0.15) is 28.9 Å². The van der Waals surface area contributed by atoms with Crippen LogP contribution in [0.25, 0.3) is 0 Å². The maximum atomic E-state index is 11.8. The third kappa shape index (κ3) is 1.46. The molecule has 0 saturated heterocycles. The van der Waals surface area contributed by atoms with E-state index in [0.29, 0.717) is 12.2 Å². The summed E-state index contributed by atoms with van der Waals surface area (Å²) in [6.07, 6.45) is 0. The van der Waals surface area contributed by atoms with Gasteiger partial charge < -0.3 is 9.64 Å². The van der Waals surface area contributed by atoms with Crippen molar-refractivity contribution >= 4 is 11.9 Å². The molecule has 0 aromatic heterocycles. The van der Waals surface area contributed by atoms with E-state index in [1.807, 2.05) is 6.07 Å². The molecule has 1 aliphatic rings. The third-order valence-electron chi connectivity index (χ3n) is 2.70. The van der Waals surface area contributed by atoms with Crippen LogP contribution >= 0.6 is 0 Å². The van der Waals surface area contributed by atoms with E-state index in [1.165, 1.54) is 4.90 Å². The molecule has 1 amide bonds. The maximum Gasteiger partial charge on any atom is 0.333 e. The van der Waals surface area contributed by atoms with Crippen LogP contribution in [0, 0.1) is 0 Å². The molecule has 4 nitrogen and oxygen atoms in total. The van der Waals surface area contributed by atoms with Gasteiger partial charge >= 0.3 is 5.97 Å². The van der Waals surface area contributed by atoms with Crippen molar-refractivity contribution in [1.29, 1.82) is 0 Å². The van der Waals surface area contributed by atoms with Gasteiger partial charge in [-0.1, -0.05) is 18.2 Å². The van der Waals surface area contributed by atoms with E-state index in [2.05, 4.69) is 0 Å². The second kappa shape index (κ2) is 3.96. The summed E-state index contributed by atoms with van der Waals surface area (Å²) >= 11 is 0. The quantitative estimate of drug-likeness (QED) is 0.706. The Morgan fingerprint density at radius 3 is 2.81 bits per heavy atom. The van der Waals surface area contributed by atoms with Crippen LogP contribution in [0.3, 0.4) is 0 Å². The van der Waals surface area contributed by atoms with Crippen molar-refractivity contribution in [3.63, 3.8) is 0 Å². The van der Waals surface area contributed by atoms with Gasteiger partial charge in [-0.25, -0.2) is 4.79 Å². The Balaban J connectivity index is 2.41. The Morgan fingerprint density at radius 1 is 1.44 bits per heavy atom. The number of fused-ring (bicyclic) bond motifs is 1. The summed E-state index contributed by atoms with van der Waals surface area (Å²) in [5.74, 6) is -0.503. The predicted molar refractivity (Wildman–Crippen MR) is 57.9 cm³/mol. The summed E-state index contributed by atoms with van der Waals surface area (Å²) in [7, 11) is 1.62. The van der Waals surface area contributed by atoms with Gasteiger partial charge in [-0.2, -0.15) is 0 Å². The fraction of sp³-hybridized carbons (Fsp3) is 0.333. The molecule has 1 atom stereocenters. The zero-order valence-electron chi connectivity index (χ0n) is 9.27. The van der Waals surface area contributed by atoms with Crippen molar-refractivity contribution in [1.82, 2.24) is 4.90 Å². The second-order valence-corrected chi connectivity index (χ2v) is 3.66. The minimum Gasteiger partial charge on any atom is -0.464 e. The summed E-state index contributed by atoms with van der Waals surface area (Å²) in [6.45, 7) is 2.07. The van der Waals surface area contributed by atoms with Crippen LogP contribution in [-0.2, 0) is 9.53 Å². The first kappa shape index (κ1) is 10.7. The van der Waals surface area contributed by atoms with Gasteiger partial charge in [0.15, 0.2) is 6.04 Å². The third-order valence-corrected chi connectivity index (χ3v) is 2.70. The lowest BCUT2D eigenvalue weighted by molar-refractivity contribution is -0.148. The molecule has 1 aromatic rings. The van der Waals surface area contributed by atoms with E-state index in [1.54, 1.807) is 32.2 Å². The molecule has 0 bridgehead atoms. The highest BCUT2D eigenvalue weighted by Gasteiger charge is 2.39. The Morgan fingerprint density at radius 2 is 2.12 bits per heavy atom. The van der Waals surface area contributed by atoms with Gasteiger partial charge in [-0.3, -0.25) is 4.79 Å². The molecule has 0 aliphatic carbocycles. The zero-order chi connectivity index (χ0) is 11.7. The summed E-state index contributed by atoms with van der Waals surface area (Å²) in [5.41, 5.74) is 1.32. The lowest BCUT2D eigenvalue weighted by Crippen LogP contribution is -2.30. The molecule has 1 heterocycles. The van der Waals surface area contributed by atoms with Gasteiger partial charge in [-0.15, -0.1) is 0 Å². The number of carbonyl (C=O) groups is 2. The normalized spacial score (nSPS) is 18.5. The molecule has 0 N–H and O–H groups in total. The summed E-state index contributed by atoms with van der Waals surface area (Å²) in [6, 6.07) is 6.53. The molecular formula is C12H13NO3. The first-order valence-electron chi connectivity index (χ1n) is 5.19. The molecule has 0 fully saturated rings. The first-order chi connectivity index (χ1) is 7.66. The highest BCUT2D eigenvalue weighted by atomic mass is 16.5. The monoisotopic (exact) mass is 219 g/mol. The molecule has 1 aromatic carbocycles. The van der Waals surface area contributed by atoms with Crippen LogP contribution in [0.15, 0.2) is 24.3 Å². The Kier molecular flexibility index (Phi) is 2.64. The number of hydrogen-bond acceptors (Lipinski definition) is 3. The number of carbonyl (C=O) groups excluding carboxylic acids is 2. The largest absolute Gasteiger partial charge is 0.464 e. The average Bonchev–Trinajstić information content (AvgIpc) is 2.53. The molecule has 16 heavy (non-hydrogen) atoms. The number of hydrogen-bond donors (Lipinski definition) is 0. The topological polar surface area (TPSA) is 46.6 Å². The summed E-state index contributed by atoms with van der Waals surface area (Å²) in [5, 5.41) is 0. The van der Waals surface area contributed by atoms with Crippen molar-refractivity contribution in [3.05, 3.63) is 35.4 Å². The lowest BCUT2D eigenvalue weighted by Gasteiger charge is -2.18. The smallest absolute Gasteiger partial charge is 0.333 e. The van der Waals surface area contributed by atoms with Crippen LogP contribution in [0.2, 0.25) is 0 Å². The minimum absolute atomic E-state index is 0.131. The molecule has 0 spiro atoms. The van der Waals surface area contributed by atoms with Crippen LogP contribution in [-0.4, -0.2) is 30.4 Å². The van der Waals surface area contributed by atoms with Crippen LogP contribution in [0.4, 0.5) is 0 Å². The van der Waals surface area contributed by atoms with E-state index >= 15 is 0 Å². The second-order valence-electron chi connectivity index (χ2n) is 3.66. The standard InChI is InChI=1S/C12H13NO3/c1-3-16-12(15)10-8-6-4-5-7-9(8)11(14)13(10)2/h4-7,10H,3H2,1-2H3/t10-/m1/s1. The van der Waals surface area contributed by atoms with E-state index in [9.17, 15) is 9.59 Å². The van der Waals surface area contributed by atoms with Crippen LogP contribution < -0.4 is 0 Å². The van der Waals surface area contributed by atoms with E-state index in [4.69, 9.17) is 4.74 Å². The molecular weight excluding hydrogens is 206 g/mol. The zero-order valence-corrected chi connectivity index (χ0v) is 9.27. The van der Waals surface area contributed by atoms with Gasteiger partial charge in [0.25, 0.3) is 5.91 Å². The highest BCUT2D eigenvalue weighted by molar-refractivity contribution is 6.03. The van der Waals surface area contributed by atoms with Gasteiger partial charge in [0.2, 0.25) is 0 Å². The fourth-order valence-electron chi connectivity index (χ4n) is 1.95. The van der Waals surface area contributed by atoms with Gasteiger partial charge in [0.1, 0.15) is 0 Å². The SMILES string of the molecule is CCOC(=O)[C@H]1c2ccccc2C(=O)N1C. The number of esters is 1. The van der Waals surface area contributed by atoms with Crippen molar-refractivity contribution < 1.29 is 14.3 Å². The molecule has 0 radical (unpaired) electrons. The number of likely N-dealkylation sites (N-methyl/N-ethyl adjacent to an activating group) is 1. The van der Waals surface area contributed by atoms with E-state index in [0.717, 1.165) is 5.56 Å². The number of ether oxygens (including phenoxy) is 1. The maximum absolute atomic E-state index is 11.8. The van der Waals surface area contributed by atoms with Crippen molar-refractivity contribution in [2.75, 3.05) is 13.7 Å². The Labute approximate surface area is 93.8 Å². The Bertz CT molecular complexity index is 442. The summed E-state index contributed by atoms with van der Waals surface area (Å²) < 4.78 is 4.97. The predicted octanol–water partition coefficient (Wildman–Crippen LogP) is 1.38. The number of benzene rings is 1. The van der Waals surface area contributed by atoms with Crippen LogP contribution in [0.5, 0.6) is 0 Å². The lowest BCUT2D eigenvalue weighted by atomic mass is 10.1. The number of nitrogens with zero attached hydrogens (tertiary/aromatic N) is 1. The van der Waals surface area contributed by atoms with Crippen molar-refractivity contribution in [3.8, 4) is 0 Å². The number of amides is 1. The molecule has 0 saturated carbocycles. The van der Waals surface area contributed by atoms with Gasteiger partial charge in [0.05, 0.1) is 6.61 Å². The Hall–Kier alpha value is -1.84. The molecule has 1 aliphatic heterocycles. The molecule has 2 rings (SSSR count). The minimum atomic E-state index is -0.594. The summed E-state index contributed by atoms with van der Waals surface area (Å²) in [4.78, 5) is 25.0. The highest BCUT2D eigenvalue weighted by Crippen LogP contribution is 2.32. The number of rotatable bonds is 2. The van der Waals surface area contributed by atoms with Crippen molar-refractivity contribution in [2.45, 2.75) is 13.0 Å².